The molecule has 1 unspecified atom stereocenters. The number of morpholine rings is 1. The predicted octanol–water partition coefficient (Wildman–Crippen LogP) is 3.02. The van der Waals surface area contributed by atoms with Crippen molar-refractivity contribution in [1.82, 2.24) is 14.7 Å². The normalized spacial score (nSPS) is 19.9. The summed E-state index contributed by atoms with van der Waals surface area (Å²) in [4.78, 5) is 30.7. The van der Waals surface area contributed by atoms with Crippen LogP contribution in [0.4, 0.5) is 5.69 Å². The lowest BCUT2D eigenvalue weighted by Gasteiger charge is -2.37. The van der Waals surface area contributed by atoms with E-state index in [1.54, 1.807) is 20.5 Å². The first-order valence-electron chi connectivity index (χ1n) is 11.8. The number of para-hydroxylation sites is 3. The molecule has 6 rings (SSSR count). The zero-order valence-corrected chi connectivity index (χ0v) is 18.8. The van der Waals surface area contributed by atoms with Gasteiger partial charge in [0, 0.05) is 19.0 Å². The van der Waals surface area contributed by atoms with E-state index in [0.29, 0.717) is 49.4 Å². The zero-order chi connectivity index (χ0) is 23.1. The van der Waals surface area contributed by atoms with Gasteiger partial charge in [0.15, 0.2) is 6.10 Å². The molecule has 3 aliphatic rings. The Labute approximate surface area is 197 Å². The van der Waals surface area contributed by atoms with Crippen molar-refractivity contribution in [3.63, 3.8) is 0 Å². The van der Waals surface area contributed by atoms with E-state index in [-0.39, 0.29) is 18.4 Å². The fourth-order valence-electron chi connectivity index (χ4n) is 4.58. The van der Waals surface area contributed by atoms with E-state index in [2.05, 4.69) is 0 Å². The molecule has 0 radical (unpaired) electrons. The molecule has 1 aromatic heterocycles. The van der Waals surface area contributed by atoms with Gasteiger partial charge in [0.05, 0.1) is 36.8 Å². The summed E-state index contributed by atoms with van der Waals surface area (Å²) in [7, 11) is 0. The molecule has 2 amide bonds. The van der Waals surface area contributed by atoms with Crippen LogP contribution in [0.2, 0.25) is 0 Å². The number of carbonyl (C=O) groups excluding carboxylic acids is 2. The van der Waals surface area contributed by atoms with Gasteiger partial charge in [-0.05, 0) is 43.2 Å². The zero-order valence-electron chi connectivity index (χ0n) is 18.8. The van der Waals surface area contributed by atoms with Crippen LogP contribution in [0.25, 0.3) is 5.69 Å². The lowest BCUT2D eigenvalue weighted by Crippen LogP contribution is -2.54. The molecule has 1 saturated heterocycles. The molecule has 3 aromatic rings. The van der Waals surface area contributed by atoms with E-state index in [1.807, 2.05) is 54.6 Å². The minimum absolute atomic E-state index is 0.120. The highest BCUT2D eigenvalue weighted by Crippen LogP contribution is 2.40. The Balaban J connectivity index is 1.36. The van der Waals surface area contributed by atoms with Crippen molar-refractivity contribution >= 4 is 17.5 Å². The first kappa shape index (κ1) is 20.9. The first-order chi connectivity index (χ1) is 16.7. The van der Waals surface area contributed by atoms with Gasteiger partial charge in [-0.25, -0.2) is 4.68 Å². The molecule has 1 atom stereocenters. The highest BCUT2D eigenvalue weighted by Gasteiger charge is 2.38. The lowest BCUT2D eigenvalue weighted by molar-refractivity contribution is -0.142. The highest BCUT2D eigenvalue weighted by atomic mass is 16.5. The van der Waals surface area contributed by atoms with Gasteiger partial charge in [0.1, 0.15) is 11.4 Å². The maximum absolute atomic E-state index is 14.0. The van der Waals surface area contributed by atoms with Gasteiger partial charge in [-0.2, -0.15) is 5.10 Å². The van der Waals surface area contributed by atoms with Crippen LogP contribution in [-0.4, -0.2) is 65.4 Å². The number of ether oxygens (including phenoxy) is 2. The van der Waals surface area contributed by atoms with Crippen molar-refractivity contribution < 1.29 is 19.1 Å². The summed E-state index contributed by atoms with van der Waals surface area (Å²) in [6, 6.07) is 19.0. The van der Waals surface area contributed by atoms with Gasteiger partial charge in [0.2, 0.25) is 0 Å². The number of hydrogen-bond acceptors (Lipinski definition) is 5. The average molecular weight is 459 g/mol. The SMILES string of the molecule is O=C(C1CN(C(=O)c2cc(C3CC3)nn2-c2ccccc2)c2ccccc2O1)N1CCOCC1. The third-order valence-electron chi connectivity index (χ3n) is 6.56. The second kappa shape index (κ2) is 8.61. The molecule has 1 aliphatic carbocycles. The Morgan fingerprint density at radius 1 is 0.941 bits per heavy atom. The maximum atomic E-state index is 14.0. The molecule has 2 fully saturated rings. The Bertz CT molecular complexity index is 1210. The van der Waals surface area contributed by atoms with Crippen LogP contribution in [0.3, 0.4) is 0 Å². The van der Waals surface area contributed by atoms with E-state index >= 15 is 0 Å². The van der Waals surface area contributed by atoms with Crippen molar-refractivity contribution in [3.05, 3.63) is 72.1 Å². The summed E-state index contributed by atoms with van der Waals surface area (Å²) in [6.45, 7) is 2.22. The second-order valence-corrected chi connectivity index (χ2v) is 8.90. The van der Waals surface area contributed by atoms with Crippen LogP contribution in [0.15, 0.2) is 60.7 Å². The standard InChI is InChI=1S/C26H26N4O4/c31-25(22-16-20(18-10-11-18)27-30(22)19-6-2-1-3-7-19)29-17-24(26(32)28-12-14-33-15-13-28)34-23-9-5-4-8-21(23)29/h1-9,16,18,24H,10-15,17H2. The van der Waals surface area contributed by atoms with Crippen LogP contribution in [0.1, 0.15) is 34.9 Å². The number of rotatable bonds is 4. The number of anilines is 1. The number of aromatic nitrogens is 2. The van der Waals surface area contributed by atoms with Crippen molar-refractivity contribution in [3.8, 4) is 11.4 Å². The van der Waals surface area contributed by atoms with Gasteiger partial charge in [0.25, 0.3) is 11.8 Å². The molecule has 0 bridgehead atoms. The molecule has 3 heterocycles. The van der Waals surface area contributed by atoms with Crippen LogP contribution in [0, 0.1) is 0 Å². The molecular formula is C26H26N4O4. The van der Waals surface area contributed by atoms with E-state index in [0.717, 1.165) is 24.2 Å². The Hall–Kier alpha value is -3.65. The molecule has 8 nitrogen and oxygen atoms in total. The quantitative estimate of drug-likeness (QED) is 0.601. The molecule has 0 spiro atoms. The van der Waals surface area contributed by atoms with Gasteiger partial charge < -0.3 is 14.4 Å². The molecule has 34 heavy (non-hydrogen) atoms. The van der Waals surface area contributed by atoms with Crippen LogP contribution in [-0.2, 0) is 9.53 Å². The summed E-state index contributed by atoms with van der Waals surface area (Å²) in [5.74, 6) is 0.621. The highest BCUT2D eigenvalue weighted by molar-refractivity contribution is 6.07. The smallest absolute Gasteiger partial charge is 0.277 e. The number of benzene rings is 2. The average Bonchev–Trinajstić information content (AvgIpc) is 3.66. The largest absolute Gasteiger partial charge is 0.476 e. The molecule has 2 aromatic carbocycles. The van der Waals surface area contributed by atoms with Gasteiger partial charge in [-0.1, -0.05) is 30.3 Å². The third kappa shape index (κ3) is 3.84. The lowest BCUT2D eigenvalue weighted by atomic mass is 10.1. The summed E-state index contributed by atoms with van der Waals surface area (Å²) >= 11 is 0. The minimum atomic E-state index is -0.770. The molecule has 0 N–H and O–H groups in total. The van der Waals surface area contributed by atoms with Crippen LogP contribution >= 0.6 is 0 Å². The van der Waals surface area contributed by atoms with Crippen molar-refractivity contribution in [2.75, 3.05) is 37.7 Å². The van der Waals surface area contributed by atoms with Gasteiger partial charge >= 0.3 is 0 Å². The monoisotopic (exact) mass is 458 g/mol. The fourth-order valence-corrected chi connectivity index (χ4v) is 4.58. The molecule has 2 aliphatic heterocycles. The summed E-state index contributed by atoms with van der Waals surface area (Å²) in [6.07, 6.45) is 1.42. The van der Waals surface area contributed by atoms with E-state index in [9.17, 15) is 9.59 Å². The number of hydrogen-bond donors (Lipinski definition) is 0. The first-order valence-corrected chi connectivity index (χ1v) is 11.8. The van der Waals surface area contributed by atoms with Crippen molar-refractivity contribution in [1.29, 1.82) is 0 Å². The minimum Gasteiger partial charge on any atom is -0.476 e. The number of fused-ring (bicyclic) bond motifs is 1. The second-order valence-electron chi connectivity index (χ2n) is 8.90. The Morgan fingerprint density at radius 2 is 1.68 bits per heavy atom. The van der Waals surface area contributed by atoms with Crippen LogP contribution in [0.5, 0.6) is 5.75 Å². The Morgan fingerprint density at radius 3 is 2.44 bits per heavy atom. The van der Waals surface area contributed by atoms with E-state index in [1.165, 1.54) is 0 Å². The Kier molecular flexibility index (Phi) is 5.30. The van der Waals surface area contributed by atoms with Crippen molar-refractivity contribution in [2.24, 2.45) is 0 Å². The molecular weight excluding hydrogens is 432 g/mol. The third-order valence-corrected chi connectivity index (χ3v) is 6.56. The maximum Gasteiger partial charge on any atom is 0.277 e. The molecule has 174 valence electrons. The molecule has 1 saturated carbocycles. The van der Waals surface area contributed by atoms with E-state index in [4.69, 9.17) is 14.6 Å². The van der Waals surface area contributed by atoms with E-state index < -0.39 is 6.10 Å². The molecule has 8 heteroatoms. The number of carbonyl (C=O) groups is 2. The van der Waals surface area contributed by atoms with Gasteiger partial charge in [-0.15, -0.1) is 0 Å². The number of amides is 2. The summed E-state index contributed by atoms with van der Waals surface area (Å²) in [5.41, 5.74) is 2.92. The van der Waals surface area contributed by atoms with Gasteiger partial charge in [-0.3, -0.25) is 14.5 Å². The topological polar surface area (TPSA) is 76.9 Å². The predicted molar refractivity (Wildman–Crippen MR) is 125 cm³/mol. The van der Waals surface area contributed by atoms with Crippen molar-refractivity contribution in [2.45, 2.75) is 24.9 Å². The fraction of sp³-hybridized carbons (Fsp3) is 0.346. The summed E-state index contributed by atoms with van der Waals surface area (Å²) in [5, 5.41) is 4.79. The van der Waals surface area contributed by atoms with Crippen LogP contribution < -0.4 is 9.64 Å². The number of nitrogens with zero attached hydrogens (tertiary/aromatic N) is 4. The summed E-state index contributed by atoms with van der Waals surface area (Å²) < 4.78 is 13.2.